The predicted molar refractivity (Wildman–Crippen MR) is 79.5 cm³/mol. The third-order valence-electron chi connectivity index (χ3n) is 2.83. The summed E-state index contributed by atoms with van der Waals surface area (Å²) in [7, 11) is 1.93. The van der Waals surface area contributed by atoms with E-state index in [0.29, 0.717) is 0 Å². The Morgan fingerprint density at radius 2 is 1.84 bits per heavy atom. The van der Waals surface area contributed by atoms with Crippen LogP contribution in [0.2, 0.25) is 0 Å². The Hall–Kier alpha value is -1.26. The van der Waals surface area contributed by atoms with E-state index in [-0.39, 0.29) is 12.1 Å². The highest BCUT2D eigenvalue weighted by atomic mass is 79.9. The van der Waals surface area contributed by atoms with E-state index in [1.165, 1.54) is 5.56 Å². The first kappa shape index (κ1) is 14.2. The minimum atomic E-state index is 0.0984. The van der Waals surface area contributed by atoms with E-state index in [4.69, 9.17) is 9.15 Å². The molecule has 0 aliphatic carbocycles. The topological polar surface area (TPSA) is 34.4 Å². The normalized spacial score (nSPS) is 12.7. The molecular formula is C15H18BrNO2. The van der Waals surface area contributed by atoms with Crippen LogP contribution in [0.4, 0.5) is 0 Å². The lowest BCUT2D eigenvalue weighted by molar-refractivity contribution is 0.242. The van der Waals surface area contributed by atoms with Crippen molar-refractivity contribution in [2.45, 2.75) is 26.0 Å². The number of halogens is 1. The van der Waals surface area contributed by atoms with Crippen molar-refractivity contribution in [2.75, 3.05) is 7.05 Å². The van der Waals surface area contributed by atoms with Crippen LogP contribution < -0.4 is 10.1 Å². The Balaban J connectivity index is 2.22. The van der Waals surface area contributed by atoms with E-state index >= 15 is 0 Å². The molecule has 1 N–H and O–H groups in total. The molecule has 0 aliphatic rings. The molecule has 1 aromatic heterocycles. The Kier molecular flexibility index (Phi) is 4.66. The zero-order valence-electron chi connectivity index (χ0n) is 11.3. The Bertz CT molecular complexity index is 519. The first-order valence-corrected chi connectivity index (χ1v) is 7.08. The average molecular weight is 324 g/mol. The van der Waals surface area contributed by atoms with Crippen LogP contribution in [0.1, 0.15) is 31.0 Å². The summed E-state index contributed by atoms with van der Waals surface area (Å²) in [6, 6.07) is 10.2. The molecule has 0 fully saturated rings. The fourth-order valence-electron chi connectivity index (χ4n) is 2.02. The largest absolute Gasteiger partial charge is 0.491 e. The highest BCUT2D eigenvalue weighted by molar-refractivity contribution is 9.10. The predicted octanol–water partition coefficient (Wildman–Crippen LogP) is 4.14. The second-order valence-electron chi connectivity index (χ2n) is 4.61. The SMILES string of the molecule is CNC(c1ccc(OC(C)C)cc1)c1ccoc1Br. The fraction of sp³-hybridized carbons (Fsp3) is 0.333. The molecule has 3 nitrogen and oxygen atoms in total. The van der Waals surface area contributed by atoms with Crippen LogP contribution >= 0.6 is 15.9 Å². The molecule has 4 heteroatoms. The summed E-state index contributed by atoms with van der Waals surface area (Å²) in [6.07, 6.45) is 1.87. The van der Waals surface area contributed by atoms with Gasteiger partial charge in [0.1, 0.15) is 5.75 Å². The van der Waals surface area contributed by atoms with E-state index in [1.54, 1.807) is 6.26 Å². The molecule has 0 saturated carbocycles. The lowest BCUT2D eigenvalue weighted by atomic mass is 10.0. The van der Waals surface area contributed by atoms with Crippen LogP contribution in [0.25, 0.3) is 0 Å². The summed E-state index contributed by atoms with van der Waals surface area (Å²) in [6.45, 7) is 4.04. The maximum atomic E-state index is 5.65. The molecule has 19 heavy (non-hydrogen) atoms. The van der Waals surface area contributed by atoms with Crippen LogP contribution in [-0.4, -0.2) is 13.2 Å². The third-order valence-corrected chi connectivity index (χ3v) is 3.48. The van der Waals surface area contributed by atoms with E-state index in [2.05, 4.69) is 33.4 Å². The van der Waals surface area contributed by atoms with Gasteiger partial charge in [0.2, 0.25) is 0 Å². The summed E-state index contributed by atoms with van der Waals surface area (Å²) < 4.78 is 11.7. The monoisotopic (exact) mass is 323 g/mol. The van der Waals surface area contributed by atoms with Gasteiger partial charge in [-0.3, -0.25) is 0 Å². The smallest absolute Gasteiger partial charge is 0.174 e. The molecule has 1 heterocycles. The van der Waals surface area contributed by atoms with Gasteiger partial charge in [-0.15, -0.1) is 0 Å². The first-order chi connectivity index (χ1) is 9.11. The number of benzene rings is 1. The minimum absolute atomic E-state index is 0.0984. The van der Waals surface area contributed by atoms with Crippen molar-refractivity contribution >= 4 is 15.9 Å². The van der Waals surface area contributed by atoms with Crippen LogP contribution in [0, 0.1) is 0 Å². The van der Waals surface area contributed by atoms with E-state index in [9.17, 15) is 0 Å². The lowest BCUT2D eigenvalue weighted by Gasteiger charge is -2.17. The fourth-order valence-corrected chi connectivity index (χ4v) is 2.49. The number of ether oxygens (including phenoxy) is 1. The van der Waals surface area contributed by atoms with Gasteiger partial charge in [0.25, 0.3) is 0 Å². The minimum Gasteiger partial charge on any atom is -0.491 e. The molecule has 0 saturated heterocycles. The van der Waals surface area contributed by atoms with Crippen molar-refractivity contribution in [3.8, 4) is 5.75 Å². The molecule has 1 atom stereocenters. The first-order valence-electron chi connectivity index (χ1n) is 6.28. The molecule has 0 aliphatic heterocycles. The van der Waals surface area contributed by atoms with Gasteiger partial charge >= 0.3 is 0 Å². The van der Waals surface area contributed by atoms with Crippen molar-refractivity contribution in [3.63, 3.8) is 0 Å². The van der Waals surface area contributed by atoms with Gasteiger partial charge in [-0.25, -0.2) is 0 Å². The number of hydrogen-bond acceptors (Lipinski definition) is 3. The maximum Gasteiger partial charge on any atom is 0.174 e. The number of nitrogens with one attached hydrogen (secondary N) is 1. The van der Waals surface area contributed by atoms with Crippen molar-refractivity contribution in [1.29, 1.82) is 0 Å². The zero-order valence-corrected chi connectivity index (χ0v) is 12.9. The van der Waals surface area contributed by atoms with Gasteiger partial charge in [-0.1, -0.05) is 12.1 Å². The summed E-state index contributed by atoms with van der Waals surface area (Å²) in [5.74, 6) is 0.889. The molecule has 1 unspecified atom stereocenters. The number of rotatable bonds is 5. The summed E-state index contributed by atoms with van der Waals surface area (Å²) >= 11 is 3.42. The van der Waals surface area contributed by atoms with Crippen molar-refractivity contribution < 1.29 is 9.15 Å². The van der Waals surface area contributed by atoms with Gasteiger partial charge in [0, 0.05) is 5.56 Å². The molecule has 0 bridgehead atoms. The van der Waals surface area contributed by atoms with Crippen LogP contribution in [-0.2, 0) is 0 Å². The molecule has 1 aromatic carbocycles. The van der Waals surface area contributed by atoms with Gasteiger partial charge in [0.15, 0.2) is 4.67 Å². The molecule has 102 valence electrons. The number of furan rings is 1. The average Bonchev–Trinajstić information content (AvgIpc) is 2.78. The Morgan fingerprint density at radius 1 is 1.16 bits per heavy atom. The third kappa shape index (κ3) is 3.39. The number of hydrogen-bond donors (Lipinski definition) is 1. The maximum absolute atomic E-state index is 5.65. The highest BCUT2D eigenvalue weighted by Crippen LogP contribution is 2.30. The van der Waals surface area contributed by atoms with E-state index in [0.717, 1.165) is 16.0 Å². The Morgan fingerprint density at radius 3 is 2.32 bits per heavy atom. The van der Waals surface area contributed by atoms with Gasteiger partial charge in [-0.05, 0) is 60.6 Å². The van der Waals surface area contributed by atoms with Gasteiger partial charge in [0.05, 0.1) is 18.4 Å². The molecule has 2 rings (SSSR count). The van der Waals surface area contributed by atoms with Crippen LogP contribution in [0.5, 0.6) is 5.75 Å². The summed E-state index contributed by atoms with van der Waals surface area (Å²) in [5, 5.41) is 3.29. The Labute approximate surface area is 122 Å². The lowest BCUT2D eigenvalue weighted by Crippen LogP contribution is -2.17. The van der Waals surface area contributed by atoms with E-state index in [1.807, 2.05) is 39.1 Å². The van der Waals surface area contributed by atoms with Crippen LogP contribution in [0.3, 0.4) is 0 Å². The van der Waals surface area contributed by atoms with Crippen LogP contribution in [0.15, 0.2) is 45.7 Å². The highest BCUT2D eigenvalue weighted by Gasteiger charge is 2.17. The summed E-state index contributed by atoms with van der Waals surface area (Å²) in [5.41, 5.74) is 2.25. The standard InChI is InChI=1S/C15H18BrNO2/c1-10(2)19-12-6-4-11(5-7-12)14(17-3)13-8-9-18-15(13)16/h4-10,14,17H,1-3H3. The second-order valence-corrected chi connectivity index (χ2v) is 5.33. The molecular weight excluding hydrogens is 306 g/mol. The summed E-state index contributed by atoms with van der Waals surface area (Å²) in [4.78, 5) is 0. The molecule has 0 spiro atoms. The van der Waals surface area contributed by atoms with Gasteiger partial charge in [-0.2, -0.15) is 0 Å². The second kappa shape index (κ2) is 6.26. The molecule has 2 aromatic rings. The van der Waals surface area contributed by atoms with Crippen molar-refractivity contribution in [1.82, 2.24) is 5.32 Å². The van der Waals surface area contributed by atoms with Crippen molar-refractivity contribution in [3.05, 3.63) is 52.4 Å². The van der Waals surface area contributed by atoms with Crippen molar-refractivity contribution in [2.24, 2.45) is 0 Å². The zero-order chi connectivity index (χ0) is 13.8. The molecule has 0 amide bonds. The van der Waals surface area contributed by atoms with Gasteiger partial charge < -0.3 is 14.5 Å². The van der Waals surface area contributed by atoms with E-state index < -0.39 is 0 Å². The quantitative estimate of drug-likeness (QED) is 0.898. The molecule has 0 radical (unpaired) electrons.